The maximum absolute atomic E-state index is 13.0. The zero-order valence-corrected chi connectivity index (χ0v) is 10.5. The smallest absolute Gasteiger partial charge is 0.126 e. The summed E-state index contributed by atoms with van der Waals surface area (Å²) < 4.78 is 13.0. The highest BCUT2D eigenvalue weighted by Gasteiger charge is 2.05. The molecule has 0 aliphatic rings. The Hall–Kier alpha value is -1.15. The quantitative estimate of drug-likeness (QED) is 0.823. The van der Waals surface area contributed by atoms with Gasteiger partial charge in [0, 0.05) is 12.1 Å². The van der Waals surface area contributed by atoms with Crippen LogP contribution in [0.15, 0.2) is 24.3 Å². The van der Waals surface area contributed by atoms with Crippen LogP contribution in [0.4, 0.5) is 4.39 Å². The molecule has 0 aliphatic carbocycles. The number of nitrogens with one attached hydrogen (secondary N) is 1. The lowest BCUT2D eigenvalue weighted by molar-refractivity contribution is 0.450. The van der Waals surface area contributed by atoms with Gasteiger partial charge in [-0.3, -0.25) is 0 Å². The summed E-state index contributed by atoms with van der Waals surface area (Å²) in [7, 11) is 0. The minimum atomic E-state index is -0.148. The number of hydrogen-bond donors (Lipinski definition) is 1. The first-order valence-corrected chi connectivity index (χ1v) is 5.56. The maximum Gasteiger partial charge on any atom is 0.126 e. The fourth-order valence-corrected chi connectivity index (χ4v) is 1.33. The topological polar surface area (TPSA) is 12.0 Å². The molecule has 0 bridgehead atoms. The molecular weight excluding hydrogens is 201 g/mol. The Morgan fingerprint density at radius 2 is 2.00 bits per heavy atom. The van der Waals surface area contributed by atoms with Gasteiger partial charge in [0.25, 0.3) is 0 Å². The number of rotatable bonds is 3. The highest BCUT2D eigenvalue weighted by molar-refractivity contribution is 5.50. The lowest BCUT2D eigenvalue weighted by Gasteiger charge is -2.18. The first-order chi connectivity index (χ1) is 7.38. The molecule has 16 heavy (non-hydrogen) atoms. The van der Waals surface area contributed by atoms with Crippen LogP contribution >= 0.6 is 0 Å². The van der Waals surface area contributed by atoms with E-state index < -0.39 is 0 Å². The molecule has 0 saturated heterocycles. The molecule has 0 aromatic heterocycles. The van der Waals surface area contributed by atoms with Crippen molar-refractivity contribution in [2.45, 2.75) is 33.2 Å². The standard InChI is InChI=1S/C14H20FN/c1-11-10-12(7-8-13(11)15)6-5-9-16-14(2,3)4/h5-8,10,16H,9H2,1-4H3. The second-order valence-electron chi connectivity index (χ2n) is 5.04. The summed E-state index contributed by atoms with van der Waals surface area (Å²) in [6.07, 6.45) is 4.06. The van der Waals surface area contributed by atoms with E-state index in [-0.39, 0.29) is 11.4 Å². The van der Waals surface area contributed by atoms with Crippen molar-refractivity contribution in [2.75, 3.05) is 6.54 Å². The molecule has 0 atom stereocenters. The molecule has 0 spiro atoms. The normalized spacial score (nSPS) is 12.3. The third-order valence-electron chi connectivity index (χ3n) is 2.24. The van der Waals surface area contributed by atoms with Crippen molar-refractivity contribution in [3.63, 3.8) is 0 Å². The van der Waals surface area contributed by atoms with E-state index in [0.717, 1.165) is 12.1 Å². The fraction of sp³-hybridized carbons (Fsp3) is 0.429. The van der Waals surface area contributed by atoms with Crippen LogP contribution in [-0.2, 0) is 0 Å². The van der Waals surface area contributed by atoms with Crippen molar-refractivity contribution in [3.05, 3.63) is 41.2 Å². The van der Waals surface area contributed by atoms with Gasteiger partial charge in [-0.1, -0.05) is 18.2 Å². The Labute approximate surface area is 97.4 Å². The van der Waals surface area contributed by atoms with Crippen molar-refractivity contribution in [3.8, 4) is 0 Å². The Balaban J connectivity index is 2.53. The van der Waals surface area contributed by atoms with Gasteiger partial charge in [-0.15, -0.1) is 0 Å². The molecular formula is C14H20FN. The van der Waals surface area contributed by atoms with E-state index in [2.05, 4.69) is 32.2 Å². The third kappa shape index (κ3) is 4.58. The molecule has 0 fully saturated rings. The second-order valence-corrected chi connectivity index (χ2v) is 5.04. The number of benzene rings is 1. The maximum atomic E-state index is 13.0. The van der Waals surface area contributed by atoms with E-state index in [1.54, 1.807) is 13.0 Å². The number of aryl methyl sites for hydroxylation is 1. The van der Waals surface area contributed by atoms with E-state index in [1.807, 2.05) is 12.1 Å². The van der Waals surface area contributed by atoms with Crippen molar-refractivity contribution in [1.29, 1.82) is 0 Å². The molecule has 0 saturated carbocycles. The predicted molar refractivity (Wildman–Crippen MR) is 67.9 cm³/mol. The van der Waals surface area contributed by atoms with Gasteiger partial charge >= 0.3 is 0 Å². The summed E-state index contributed by atoms with van der Waals surface area (Å²) in [5, 5.41) is 3.36. The average Bonchev–Trinajstić information content (AvgIpc) is 2.17. The van der Waals surface area contributed by atoms with Gasteiger partial charge in [-0.05, 0) is 51.0 Å². The molecule has 1 aromatic carbocycles. The highest BCUT2D eigenvalue weighted by atomic mass is 19.1. The van der Waals surface area contributed by atoms with Crippen LogP contribution in [0.1, 0.15) is 31.9 Å². The van der Waals surface area contributed by atoms with E-state index >= 15 is 0 Å². The molecule has 0 unspecified atom stereocenters. The van der Waals surface area contributed by atoms with Crippen LogP contribution in [0, 0.1) is 12.7 Å². The lowest BCUT2D eigenvalue weighted by Crippen LogP contribution is -2.35. The number of hydrogen-bond acceptors (Lipinski definition) is 1. The average molecular weight is 221 g/mol. The number of halogens is 1. The SMILES string of the molecule is Cc1cc(C=CCNC(C)(C)C)ccc1F. The van der Waals surface area contributed by atoms with Crippen LogP contribution in [0.25, 0.3) is 6.08 Å². The minimum absolute atomic E-state index is 0.128. The molecule has 0 aliphatic heterocycles. The summed E-state index contributed by atoms with van der Waals surface area (Å²) in [6, 6.07) is 5.14. The van der Waals surface area contributed by atoms with Crippen molar-refractivity contribution in [2.24, 2.45) is 0 Å². The van der Waals surface area contributed by atoms with Gasteiger partial charge in [-0.2, -0.15) is 0 Å². The zero-order chi connectivity index (χ0) is 12.2. The molecule has 0 radical (unpaired) electrons. The molecule has 1 N–H and O–H groups in total. The minimum Gasteiger partial charge on any atom is -0.309 e. The Kier molecular flexibility index (Phi) is 4.25. The largest absolute Gasteiger partial charge is 0.309 e. The molecule has 2 heteroatoms. The van der Waals surface area contributed by atoms with Crippen molar-refractivity contribution in [1.82, 2.24) is 5.32 Å². The molecule has 1 nitrogen and oxygen atoms in total. The van der Waals surface area contributed by atoms with Gasteiger partial charge in [0.15, 0.2) is 0 Å². The zero-order valence-electron chi connectivity index (χ0n) is 10.5. The van der Waals surface area contributed by atoms with E-state index in [1.165, 1.54) is 6.07 Å². The molecule has 1 aromatic rings. The predicted octanol–water partition coefficient (Wildman–Crippen LogP) is 3.54. The summed E-state index contributed by atoms with van der Waals surface area (Å²) >= 11 is 0. The highest BCUT2D eigenvalue weighted by Crippen LogP contribution is 2.10. The Morgan fingerprint density at radius 1 is 1.31 bits per heavy atom. The van der Waals surface area contributed by atoms with Crippen LogP contribution in [0.3, 0.4) is 0 Å². The van der Waals surface area contributed by atoms with Crippen LogP contribution in [0.2, 0.25) is 0 Å². The lowest BCUT2D eigenvalue weighted by atomic mass is 10.1. The van der Waals surface area contributed by atoms with E-state index in [4.69, 9.17) is 0 Å². The van der Waals surface area contributed by atoms with Gasteiger partial charge < -0.3 is 5.32 Å². The van der Waals surface area contributed by atoms with Gasteiger partial charge in [0.05, 0.1) is 0 Å². The van der Waals surface area contributed by atoms with E-state index in [0.29, 0.717) is 5.56 Å². The second kappa shape index (κ2) is 5.26. The van der Waals surface area contributed by atoms with Crippen molar-refractivity contribution >= 4 is 6.08 Å². The first kappa shape index (κ1) is 12.9. The summed E-state index contributed by atoms with van der Waals surface area (Å²) in [4.78, 5) is 0. The molecule has 0 amide bonds. The van der Waals surface area contributed by atoms with Crippen LogP contribution < -0.4 is 5.32 Å². The van der Waals surface area contributed by atoms with Crippen molar-refractivity contribution < 1.29 is 4.39 Å². The summed E-state index contributed by atoms with van der Waals surface area (Å²) in [5.41, 5.74) is 1.85. The molecule has 1 rings (SSSR count). The monoisotopic (exact) mass is 221 g/mol. The summed E-state index contributed by atoms with van der Waals surface area (Å²) in [6.45, 7) is 8.98. The fourth-order valence-electron chi connectivity index (χ4n) is 1.33. The van der Waals surface area contributed by atoms with Gasteiger partial charge in [-0.25, -0.2) is 4.39 Å². The Bertz CT molecular complexity index is 375. The van der Waals surface area contributed by atoms with Gasteiger partial charge in [0.2, 0.25) is 0 Å². The van der Waals surface area contributed by atoms with Gasteiger partial charge in [0.1, 0.15) is 5.82 Å². The van der Waals surface area contributed by atoms with Crippen LogP contribution in [0.5, 0.6) is 0 Å². The first-order valence-electron chi connectivity index (χ1n) is 5.56. The van der Waals surface area contributed by atoms with Crippen LogP contribution in [-0.4, -0.2) is 12.1 Å². The molecule has 0 heterocycles. The molecule has 88 valence electrons. The Morgan fingerprint density at radius 3 is 2.56 bits per heavy atom. The summed E-state index contributed by atoms with van der Waals surface area (Å²) in [5.74, 6) is -0.148. The van der Waals surface area contributed by atoms with E-state index in [9.17, 15) is 4.39 Å². The third-order valence-corrected chi connectivity index (χ3v) is 2.24.